The highest BCUT2D eigenvalue weighted by Crippen LogP contribution is 2.22. The van der Waals surface area contributed by atoms with Crippen molar-refractivity contribution in [1.29, 1.82) is 0 Å². The van der Waals surface area contributed by atoms with Crippen molar-refractivity contribution >= 4 is 15.9 Å². The van der Waals surface area contributed by atoms with Gasteiger partial charge in [0.15, 0.2) is 0 Å². The molecule has 0 radical (unpaired) electrons. The summed E-state index contributed by atoms with van der Waals surface area (Å²) in [5.74, 6) is 0.872. The highest BCUT2D eigenvalue weighted by molar-refractivity contribution is 9.10. The van der Waals surface area contributed by atoms with Crippen LogP contribution in [0, 0.1) is 0 Å². The standard InChI is InChI=1S/C15H24BrNO3/c1-3-7-19-9-10-20-14-4-5-15(16)13(11-14)12-17-6-8-18-2/h4-5,11,17H,3,6-10,12H2,1-2H3. The lowest BCUT2D eigenvalue weighted by Gasteiger charge is -2.11. The molecule has 0 saturated heterocycles. The Kier molecular flexibility index (Phi) is 9.66. The van der Waals surface area contributed by atoms with E-state index in [4.69, 9.17) is 14.2 Å². The highest BCUT2D eigenvalue weighted by Gasteiger charge is 2.02. The Morgan fingerprint density at radius 2 is 2.00 bits per heavy atom. The molecule has 1 aromatic carbocycles. The number of nitrogens with one attached hydrogen (secondary N) is 1. The molecular formula is C15H24BrNO3. The quantitative estimate of drug-likeness (QED) is 0.626. The fourth-order valence-corrected chi connectivity index (χ4v) is 2.03. The minimum Gasteiger partial charge on any atom is -0.491 e. The van der Waals surface area contributed by atoms with Gasteiger partial charge in [0.2, 0.25) is 0 Å². The first-order chi connectivity index (χ1) is 9.77. The van der Waals surface area contributed by atoms with E-state index in [2.05, 4.69) is 28.2 Å². The van der Waals surface area contributed by atoms with Gasteiger partial charge in [-0.1, -0.05) is 22.9 Å². The normalized spacial score (nSPS) is 10.8. The second-order valence-corrected chi connectivity index (χ2v) is 5.24. The number of halogens is 1. The van der Waals surface area contributed by atoms with Crippen molar-refractivity contribution in [1.82, 2.24) is 5.32 Å². The monoisotopic (exact) mass is 345 g/mol. The Labute approximate surface area is 129 Å². The maximum Gasteiger partial charge on any atom is 0.119 e. The van der Waals surface area contributed by atoms with Gasteiger partial charge in [0, 0.05) is 31.3 Å². The van der Waals surface area contributed by atoms with E-state index in [1.807, 2.05) is 18.2 Å². The van der Waals surface area contributed by atoms with Crippen LogP contribution in [0.5, 0.6) is 5.75 Å². The van der Waals surface area contributed by atoms with E-state index in [-0.39, 0.29) is 0 Å². The van der Waals surface area contributed by atoms with Crippen LogP contribution in [0.2, 0.25) is 0 Å². The topological polar surface area (TPSA) is 39.7 Å². The molecule has 0 unspecified atom stereocenters. The maximum absolute atomic E-state index is 5.68. The molecule has 0 saturated carbocycles. The summed E-state index contributed by atoms with van der Waals surface area (Å²) in [4.78, 5) is 0. The summed E-state index contributed by atoms with van der Waals surface area (Å²) in [6.07, 6.45) is 1.04. The fraction of sp³-hybridized carbons (Fsp3) is 0.600. The van der Waals surface area contributed by atoms with Crippen molar-refractivity contribution in [2.45, 2.75) is 19.9 Å². The second-order valence-electron chi connectivity index (χ2n) is 4.38. The van der Waals surface area contributed by atoms with Gasteiger partial charge < -0.3 is 19.5 Å². The second kappa shape index (κ2) is 11.1. The van der Waals surface area contributed by atoms with E-state index < -0.39 is 0 Å². The Bertz CT molecular complexity index is 374. The third-order valence-corrected chi connectivity index (χ3v) is 3.43. The number of methoxy groups -OCH3 is 1. The van der Waals surface area contributed by atoms with Crippen LogP contribution in [0.15, 0.2) is 22.7 Å². The molecule has 0 aliphatic carbocycles. The third kappa shape index (κ3) is 7.24. The average molecular weight is 346 g/mol. The lowest BCUT2D eigenvalue weighted by atomic mass is 10.2. The number of hydrogen-bond acceptors (Lipinski definition) is 4. The van der Waals surface area contributed by atoms with Crippen LogP contribution in [0.1, 0.15) is 18.9 Å². The van der Waals surface area contributed by atoms with E-state index in [9.17, 15) is 0 Å². The molecule has 0 fully saturated rings. The van der Waals surface area contributed by atoms with E-state index in [1.54, 1.807) is 7.11 Å². The first-order valence-corrected chi connectivity index (χ1v) is 7.75. The SMILES string of the molecule is CCCOCCOc1ccc(Br)c(CNCCOC)c1. The van der Waals surface area contributed by atoms with Gasteiger partial charge in [0.25, 0.3) is 0 Å². The molecule has 0 spiro atoms. The molecule has 5 heteroatoms. The van der Waals surface area contributed by atoms with Crippen molar-refractivity contribution in [3.63, 3.8) is 0 Å². The van der Waals surface area contributed by atoms with Crippen LogP contribution in [0.3, 0.4) is 0 Å². The molecule has 20 heavy (non-hydrogen) atoms. The van der Waals surface area contributed by atoms with Crippen LogP contribution in [0.25, 0.3) is 0 Å². The van der Waals surface area contributed by atoms with Crippen molar-refractivity contribution in [2.75, 3.05) is 40.1 Å². The molecule has 0 heterocycles. The number of hydrogen-bond donors (Lipinski definition) is 1. The minimum absolute atomic E-state index is 0.582. The van der Waals surface area contributed by atoms with Crippen LogP contribution < -0.4 is 10.1 Å². The van der Waals surface area contributed by atoms with Gasteiger partial charge in [0.05, 0.1) is 13.2 Å². The Morgan fingerprint density at radius 1 is 1.15 bits per heavy atom. The predicted octanol–water partition coefficient (Wildman–Crippen LogP) is 2.99. The average Bonchev–Trinajstić information content (AvgIpc) is 2.46. The summed E-state index contributed by atoms with van der Waals surface area (Å²) in [6, 6.07) is 6.02. The lowest BCUT2D eigenvalue weighted by Crippen LogP contribution is -2.18. The molecule has 0 bridgehead atoms. The molecule has 1 aromatic rings. The maximum atomic E-state index is 5.68. The van der Waals surface area contributed by atoms with Crippen molar-refractivity contribution < 1.29 is 14.2 Å². The summed E-state index contributed by atoms with van der Waals surface area (Å²) in [7, 11) is 1.70. The number of benzene rings is 1. The predicted molar refractivity (Wildman–Crippen MR) is 84.3 cm³/mol. The summed E-state index contributed by atoms with van der Waals surface area (Å²) in [6.45, 7) is 6.43. The van der Waals surface area contributed by atoms with E-state index >= 15 is 0 Å². The van der Waals surface area contributed by atoms with Crippen LogP contribution in [0.4, 0.5) is 0 Å². The summed E-state index contributed by atoms with van der Waals surface area (Å²) in [5, 5.41) is 3.32. The first kappa shape index (κ1) is 17.4. The molecule has 4 nitrogen and oxygen atoms in total. The smallest absolute Gasteiger partial charge is 0.119 e. The van der Waals surface area contributed by atoms with E-state index in [0.717, 1.165) is 36.3 Å². The van der Waals surface area contributed by atoms with Crippen LogP contribution in [-0.4, -0.2) is 40.1 Å². The number of ether oxygens (including phenoxy) is 3. The minimum atomic E-state index is 0.582. The fourth-order valence-electron chi connectivity index (χ4n) is 1.64. The van der Waals surface area contributed by atoms with Gasteiger partial charge in [-0.15, -0.1) is 0 Å². The largest absolute Gasteiger partial charge is 0.491 e. The molecule has 1 rings (SSSR count). The molecule has 0 atom stereocenters. The summed E-state index contributed by atoms with van der Waals surface area (Å²) in [5.41, 5.74) is 1.17. The lowest BCUT2D eigenvalue weighted by molar-refractivity contribution is 0.101. The molecule has 114 valence electrons. The van der Waals surface area contributed by atoms with Gasteiger partial charge in [-0.05, 0) is 30.2 Å². The van der Waals surface area contributed by atoms with Gasteiger partial charge in [0.1, 0.15) is 12.4 Å². The number of rotatable bonds is 11. The Balaban J connectivity index is 2.36. The molecule has 0 aliphatic heterocycles. The summed E-state index contributed by atoms with van der Waals surface area (Å²) >= 11 is 3.55. The first-order valence-electron chi connectivity index (χ1n) is 6.96. The Hall–Kier alpha value is -0.620. The van der Waals surface area contributed by atoms with Gasteiger partial charge in [-0.2, -0.15) is 0 Å². The molecule has 0 aromatic heterocycles. The van der Waals surface area contributed by atoms with Crippen molar-refractivity contribution in [3.05, 3.63) is 28.2 Å². The molecule has 0 amide bonds. The van der Waals surface area contributed by atoms with Crippen LogP contribution >= 0.6 is 15.9 Å². The van der Waals surface area contributed by atoms with Gasteiger partial charge in [-0.3, -0.25) is 0 Å². The van der Waals surface area contributed by atoms with E-state index in [0.29, 0.717) is 19.8 Å². The zero-order valence-corrected chi connectivity index (χ0v) is 13.9. The third-order valence-electron chi connectivity index (χ3n) is 2.66. The zero-order valence-electron chi connectivity index (χ0n) is 12.3. The van der Waals surface area contributed by atoms with E-state index in [1.165, 1.54) is 5.56 Å². The molecule has 1 N–H and O–H groups in total. The molecular weight excluding hydrogens is 322 g/mol. The zero-order chi connectivity index (χ0) is 14.6. The highest BCUT2D eigenvalue weighted by atomic mass is 79.9. The Morgan fingerprint density at radius 3 is 2.75 bits per heavy atom. The summed E-state index contributed by atoms with van der Waals surface area (Å²) < 4.78 is 17.2. The van der Waals surface area contributed by atoms with Crippen molar-refractivity contribution in [3.8, 4) is 5.75 Å². The van der Waals surface area contributed by atoms with Gasteiger partial charge in [-0.25, -0.2) is 0 Å². The van der Waals surface area contributed by atoms with Crippen molar-refractivity contribution in [2.24, 2.45) is 0 Å². The molecule has 0 aliphatic rings. The van der Waals surface area contributed by atoms with Gasteiger partial charge >= 0.3 is 0 Å². The van der Waals surface area contributed by atoms with Crippen LogP contribution in [-0.2, 0) is 16.0 Å².